The Balaban J connectivity index is 1.68. The van der Waals surface area contributed by atoms with E-state index in [1.165, 1.54) is 20.3 Å². The molecular weight excluding hydrogens is 458 g/mol. The molecule has 184 valence electrons. The molecule has 1 aliphatic heterocycles. The first-order chi connectivity index (χ1) is 16.9. The molecule has 0 radical (unpaired) electrons. The van der Waals surface area contributed by atoms with E-state index in [9.17, 15) is 19.2 Å². The van der Waals surface area contributed by atoms with Gasteiger partial charge in [0.25, 0.3) is 5.91 Å². The molecule has 0 atom stereocenters. The first-order valence-electron chi connectivity index (χ1n) is 10.6. The van der Waals surface area contributed by atoms with Gasteiger partial charge in [0.2, 0.25) is 5.91 Å². The van der Waals surface area contributed by atoms with Gasteiger partial charge in [0.05, 0.1) is 26.5 Å². The van der Waals surface area contributed by atoms with E-state index in [0.717, 1.165) is 4.90 Å². The Morgan fingerprint density at radius 1 is 1.03 bits per heavy atom. The van der Waals surface area contributed by atoms with Crippen molar-refractivity contribution in [3.8, 4) is 17.2 Å². The average Bonchev–Trinajstić information content (AvgIpc) is 3.10. The second-order valence-corrected chi connectivity index (χ2v) is 7.13. The number of imide groups is 1. The van der Waals surface area contributed by atoms with Crippen molar-refractivity contribution in [2.75, 3.05) is 39.3 Å². The fourth-order valence-electron chi connectivity index (χ4n) is 3.20. The number of carbonyl (C=O) groups is 4. The van der Waals surface area contributed by atoms with Crippen LogP contribution >= 0.6 is 0 Å². The van der Waals surface area contributed by atoms with Crippen molar-refractivity contribution in [1.29, 1.82) is 0 Å². The summed E-state index contributed by atoms with van der Waals surface area (Å²) in [5, 5.41) is 5.08. The maximum absolute atomic E-state index is 12.8. The lowest BCUT2D eigenvalue weighted by Gasteiger charge is -2.13. The number of hydrogen-bond acceptors (Lipinski definition) is 8. The summed E-state index contributed by atoms with van der Waals surface area (Å²) < 4.78 is 20.7. The second-order valence-electron chi connectivity index (χ2n) is 7.13. The SMILES string of the molecule is CCOC(=O)COc1ccc(/C=C2/NC(=O)N(CC(=O)Nc3ccccc3OC)C2=O)cc1OC. The van der Waals surface area contributed by atoms with Crippen molar-refractivity contribution in [1.82, 2.24) is 10.2 Å². The summed E-state index contributed by atoms with van der Waals surface area (Å²) in [6, 6.07) is 10.8. The first-order valence-corrected chi connectivity index (χ1v) is 10.6. The van der Waals surface area contributed by atoms with Crippen LogP contribution in [0.15, 0.2) is 48.2 Å². The summed E-state index contributed by atoms with van der Waals surface area (Å²) in [6.45, 7) is 1.16. The van der Waals surface area contributed by atoms with E-state index in [-0.39, 0.29) is 18.9 Å². The van der Waals surface area contributed by atoms with Crippen molar-refractivity contribution in [3.05, 3.63) is 53.7 Å². The van der Waals surface area contributed by atoms with Crippen LogP contribution in [0.1, 0.15) is 12.5 Å². The molecule has 1 aliphatic rings. The van der Waals surface area contributed by atoms with Crippen LogP contribution < -0.4 is 24.8 Å². The predicted octanol–water partition coefficient (Wildman–Crippen LogP) is 2.18. The highest BCUT2D eigenvalue weighted by Crippen LogP contribution is 2.29. The van der Waals surface area contributed by atoms with Crippen molar-refractivity contribution < 1.29 is 38.1 Å². The average molecular weight is 483 g/mol. The molecule has 1 saturated heterocycles. The Hall–Kier alpha value is -4.54. The van der Waals surface area contributed by atoms with Crippen LogP contribution in [-0.4, -0.2) is 62.7 Å². The number of nitrogens with one attached hydrogen (secondary N) is 2. The quantitative estimate of drug-likeness (QED) is 0.299. The summed E-state index contributed by atoms with van der Waals surface area (Å²) in [5.74, 6) is -0.680. The van der Waals surface area contributed by atoms with Gasteiger partial charge in [-0.25, -0.2) is 14.5 Å². The van der Waals surface area contributed by atoms with E-state index < -0.39 is 30.4 Å². The van der Waals surface area contributed by atoms with Gasteiger partial charge in [0.15, 0.2) is 18.1 Å². The number of anilines is 1. The molecule has 11 heteroatoms. The predicted molar refractivity (Wildman–Crippen MR) is 125 cm³/mol. The topological polar surface area (TPSA) is 132 Å². The van der Waals surface area contributed by atoms with Crippen molar-refractivity contribution >= 4 is 35.6 Å². The van der Waals surface area contributed by atoms with Crippen molar-refractivity contribution in [3.63, 3.8) is 0 Å². The van der Waals surface area contributed by atoms with E-state index >= 15 is 0 Å². The van der Waals surface area contributed by atoms with Crippen molar-refractivity contribution in [2.45, 2.75) is 6.92 Å². The van der Waals surface area contributed by atoms with Gasteiger partial charge in [0.1, 0.15) is 18.0 Å². The highest BCUT2D eigenvalue weighted by Gasteiger charge is 2.35. The molecule has 35 heavy (non-hydrogen) atoms. The molecule has 0 spiro atoms. The lowest BCUT2D eigenvalue weighted by atomic mass is 10.1. The number of hydrogen-bond donors (Lipinski definition) is 2. The maximum Gasteiger partial charge on any atom is 0.344 e. The third-order valence-electron chi connectivity index (χ3n) is 4.79. The zero-order chi connectivity index (χ0) is 25.4. The molecule has 0 aromatic heterocycles. The van der Waals surface area contributed by atoms with Gasteiger partial charge >= 0.3 is 12.0 Å². The number of carbonyl (C=O) groups excluding carboxylic acids is 4. The Bertz CT molecular complexity index is 1160. The Morgan fingerprint density at radius 2 is 1.77 bits per heavy atom. The van der Waals surface area contributed by atoms with Crippen LogP contribution in [0.4, 0.5) is 10.5 Å². The Kier molecular flexibility index (Phi) is 8.28. The molecule has 0 saturated carbocycles. The number of methoxy groups -OCH3 is 2. The van der Waals surface area contributed by atoms with Gasteiger partial charge in [-0.1, -0.05) is 18.2 Å². The molecule has 1 heterocycles. The standard InChI is InChI=1S/C24H25N3O8/c1-4-34-22(29)14-35-19-10-9-15(12-20(19)33-3)11-17-23(30)27(24(31)26-17)13-21(28)25-16-7-5-6-8-18(16)32-2/h5-12H,4,13-14H2,1-3H3,(H,25,28)(H,26,31)/b17-11+. The summed E-state index contributed by atoms with van der Waals surface area (Å²) in [4.78, 5) is 49.8. The molecule has 1 fully saturated rings. The van der Waals surface area contributed by atoms with Crippen LogP contribution in [0, 0.1) is 0 Å². The molecule has 11 nitrogen and oxygen atoms in total. The molecule has 2 aromatic carbocycles. The Morgan fingerprint density at radius 3 is 2.49 bits per heavy atom. The van der Waals surface area contributed by atoms with Crippen LogP contribution in [0.3, 0.4) is 0 Å². The van der Waals surface area contributed by atoms with Crippen LogP contribution in [0.2, 0.25) is 0 Å². The van der Waals surface area contributed by atoms with Crippen LogP contribution in [-0.2, 0) is 19.1 Å². The number of para-hydroxylation sites is 2. The van der Waals surface area contributed by atoms with E-state index in [1.807, 2.05) is 0 Å². The lowest BCUT2D eigenvalue weighted by molar-refractivity contribution is -0.145. The molecular formula is C24H25N3O8. The molecule has 2 N–H and O–H groups in total. The molecule has 0 unspecified atom stereocenters. The number of benzene rings is 2. The number of ether oxygens (including phenoxy) is 4. The third-order valence-corrected chi connectivity index (χ3v) is 4.79. The number of esters is 1. The van der Waals surface area contributed by atoms with E-state index in [1.54, 1.807) is 49.4 Å². The maximum atomic E-state index is 12.8. The monoisotopic (exact) mass is 483 g/mol. The first kappa shape index (κ1) is 25.1. The second kappa shape index (κ2) is 11.5. The van der Waals surface area contributed by atoms with Crippen molar-refractivity contribution in [2.24, 2.45) is 0 Å². The third kappa shape index (κ3) is 6.28. The van der Waals surface area contributed by atoms with Gasteiger partial charge in [-0.2, -0.15) is 0 Å². The van der Waals surface area contributed by atoms with E-state index in [4.69, 9.17) is 18.9 Å². The van der Waals surface area contributed by atoms with Gasteiger partial charge in [0, 0.05) is 0 Å². The van der Waals surface area contributed by atoms with Gasteiger partial charge in [-0.05, 0) is 42.8 Å². The minimum Gasteiger partial charge on any atom is -0.495 e. The smallest absolute Gasteiger partial charge is 0.344 e. The minimum absolute atomic E-state index is 0.0117. The summed E-state index contributed by atoms with van der Waals surface area (Å²) in [5.41, 5.74) is 0.928. The molecule has 2 aromatic rings. The number of amides is 4. The Labute approximate surface area is 201 Å². The number of rotatable bonds is 10. The number of urea groups is 1. The summed E-state index contributed by atoms with van der Waals surface area (Å²) in [6.07, 6.45) is 1.44. The van der Waals surface area contributed by atoms with E-state index in [0.29, 0.717) is 28.5 Å². The normalized spacial score (nSPS) is 13.9. The zero-order valence-electron chi connectivity index (χ0n) is 19.5. The fourth-order valence-corrected chi connectivity index (χ4v) is 3.20. The van der Waals surface area contributed by atoms with Crippen LogP contribution in [0.25, 0.3) is 6.08 Å². The molecule has 3 rings (SSSR count). The van der Waals surface area contributed by atoms with Gasteiger partial charge in [-0.3, -0.25) is 9.59 Å². The molecule has 0 aliphatic carbocycles. The van der Waals surface area contributed by atoms with Gasteiger partial charge in [-0.15, -0.1) is 0 Å². The molecule has 0 bridgehead atoms. The summed E-state index contributed by atoms with van der Waals surface area (Å²) >= 11 is 0. The van der Waals surface area contributed by atoms with E-state index in [2.05, 4.69) is 10.6 Å². The highest BCUT2D eigenvalue weighted by molar-refractivity contribution is 6.16. The summed E-state index contributed by atoms with van der Waals surface area (Å²) in [7, 11) is 2.89. The zero-order valence-corrected chi connectivity index (χ0v) is 19.5. The largest absolute Gasteiger partial charge is 0.495 e. The highest BCUT2D eigenvalue weighted by atomic mass is 16.6. The number of nitrogens with zero attached hydrogens (tertiary/aromatic N) is 1. The fraction of sp³-hybridized carbons (Fsp3) is 0.250. The van der Waals surface area contributed by atoms with Crippen LogP contribution in [0.5, 0.6) is 17.2 Å². The lowest BCUT2D eigenvalue weighted by Crippen LogP contribution is -2.38. The molecule has 4 amide bonds. The van der Waals surface area contributed by atoms with Gasteiger partial charge < -0.3 is 29.6 Å². The minimum atomic E-state index is -0.724.